The van der Waals surface area contributed by atoms with Crippen molar-refractivity contribution in [2.24, 2.45) is 0 Å². The van der Waals surface area contributed by atoms with Crippen LogP contribution in [0.1, 0.15) is 47.5 Å². The molecule has 11 nitrogen and oxygen atoms in total. The number of nitrogens with zero attached hydrogens (tertiary/aromatic N) is 4. The van der Waals surface area contributed by atoms with Gasteiger partial charge in [0.2, 0.25) is 17.8 Å². The van der Waals surface area contributed by atoms with E-state index in [1.165, 1.54) is 17.7 Å². The first-order valence-corrected chi connectivity index (χ1v) is 14.6. The van der Waals surface area contributed by atoms with Crippen LogP contribution in [-0.2, 0) is 14.3 Å². The molecule has 2 aromatic carbocycles. The lowest BCUT2D eigenvalue weighted by Gasteiger charge is -2.22. The molecule has 0 aliphatic heterocycles. The Morgan fingerprint density at radius 1 is 1.07 bits per heavy atom. The summed E-state index contributed by atoms with van der Waals surface area (Å²) in [5.74, 6) is -0.210. The fourth-order valence-electron chi connectivity index (χ4n) is 4.71. The first-order chi connectivity index (χ1) is 20.8. The zero-order valence-corrected chi connectivity index (χ0v) is 26.7. The number of aromatic nitrogens is 3. The molecule has 1 atom stereocenters. The Morgan fingerprint density at radius 3 is 2.45 bits per heavy atom. The van der Waals surface area contributed by atoms with Gasteiger partial charge in [-0.1, -0.05) is 36.7 Å². The Balaban J connectivity index is 1.65. The number of rotatable bonds is 9. The normalized spacial score (nSPS) is 12.2. The van der Waals surface area contributed by atoms with Gasteiger partial charge in [0, 0.05) is 42.2 Å². The third-order valence-corrected chi connectivity index (χ3v) is 7.06. The first kappa shape index (κ1) is 32.4. The average Bonchev–Trinajstić information content (AvgIpc) is 3.32. The molecule has 2 aromatic heterocycles. The maximum Gasteiger partial charge on any atom is 0.419 e. The lowest BCUT2D eigenvalue weighted by Crippen LogP contribution is -2.31. The van der Waals surface area contributed by atoms with Gasteiger partial charge < -0.3 is 25.6 Å². The molecule has 0 saturated heterocycles. The van der Waals surface area contributed by atoms with Crippen molar-refractivity contribution in [3.05, 3.63) is 59.9 Å². The quantitative estimate of drug-likeness (QED) is 0.184. The highest BCUT2D eigenvalue weighted by molar-refractivity contribution is 6.33. The number of amides is 2. The van der Waals surface area contributed by atoms with Crippen LogP contribution in [0.15, 0.2) is 54.9 Å². The van der Waals surface area contributed by atoms with Crippen LogP contribution in [0.4, 0.5) is 27.8 Å². The van der Waals surface area contributed by atoms with E-state index >= 15 is 0 Å². The summed E-state index contributed by atoms with van der Waals surface area (Å²) in [5.41, 5.74) is 2.47. The minimum Gasteiger partial charge on any atom is -0.443 e. The monoisotopic (exact) mass is 619 g/mol. The van der Waals surface area contributed by atoms with E-state index in [1.54, 1.807) is 24.4 Å². The molecule has 44 heavy (non-hydrogen) atoms. The molecule has 0 bridgehead atoms. The Morgan fingerprint density at radius 2 is 1.80 bits per heavy atom. The van der Waals surface area contributed by atoms with Crippen LogP contribution >= 0.6 is 11.6 Å². The number of hydrogen-bond donors (Lipinski definition) is 3. The minimum absolute atomic E-state index is 0.0922. The number of anilines is 4. The van der Waals surface area contributed by atoms with Crippen molar-refractivity contribution in [2.75, 3.05) is 30.0 Å². The molecule has 1 unspecified atom stereocenters. The number of hydrogen-bond acceptors (Lipinski definition) is 8. The second kappa shape index (κ2) is 13.4. The van der Waals surface area contributed by atoms with E-state index in [-0.39, 0.29) is 23.8 Å². The Kier molecular flexibility index (Phi) is 9.91. The number of benzene rings is 2. The molecule has 0 aliphatic rings. The summed E-state index contributed by atoms with van der Waals surface area (Å²) in [5, 5.41) is 9.89. The number of nitrogens with one attached hydrogen (secondary N) is 3. The molecule has 4 aromatic rings. The van der Waals surface area contributed by atoms with E-state index in [0.29, 0.717) is 45.3 Å². The highest BCUT2D eigenvalue weighted by atomic mass is 35.5. The lowest BCUT2D eigenvalue weighted by molar-refractivity contribution is -0.117. The molecule has 0 aliphatic carbocycles. The summed E-state index contributed by atoms with van der Waals surface area (Å²) in [6, 6.07) is 12.6. The molecular formula is C32H38ClN7O4. The van der Waals surface area contributed by atoms with Gasteiger partial charge in [0.05, 0.1) is 33.8 Å². The van der Waals surface area contributed by atoms with Gasteiger partial charge in [0.15, 0.2) is 0 Å². The van der Waals surface area contributed by atoms with Crippen LogP contribution in [0.3, 0.4) is 0 Å². The Labute approximate surface area is 262 Å². The lowest BCUT2D eigenvalue weighted by atomic mass is 10.1. The van der Waals surface area contributed by atoms with E-state index in [4.69, 9.17) is 16.3 Å². The van der Waals surface area contributed by atoms with Crippen LogP contribution in [0.25, 0.3) is 22.2 Å². The van der Waals surface area contributed by atoms with E-state index in [0.717, 1.165) is 11.8 Å². The molecular weight excluding hydrogens is 582 g/mol. The first-order valence-electron chi connectivity index (χ1n) is 14.3. The molecule has 0 spiro atoms. The summed E-state index contributed by atoms with van der Waals surface area (Å²) >= 11 is 6.58. The SMILES string of the molecule is CCC(CC(=O)Nc1ccc(Nc2ncc(Cl)c(-c3cn(C(=O)OC(C)(C)C)c4ccccc34)n2)cc1NC(C)=O)N(C)C. The van der Waals surface area contributed by atoms with Crippen molar-refractivity contribution in [2.45, 2.75) is 59.1 Å². The van der Waals surface area contributed by atoms with Gasteiger partial charge in [-0.2, -0.15) is 0 Å². The highest BCUT2D eigenvalue weighted by Gasteiger charge is 2.23. The van der Waals surface area contributed by atoms with Gasteiger partial charge in [-0.15, -0.1) is 0 Å². The number of para-hydroxylation sites is 1. The van der Waals surface area contributed by atoms with Crippen molar-refractivity contribution in [3.8, 4) is 11.3 Å². The van der Waals surface area contributed by atoms with E-state index in [1.807, 2.05) is 71.0 Å². The maximum absolute atomic E-state index is 13.0. The molecule has 2 heterocycles. The highest BCUT2D eigenvalue weighted by Crippen LogP contribution is 2.35. The number of halogens is 1. The van der Waals surface area contributed by atoms with Crippen molar-refractivity contribution < 1.29 is 19.1 Å². The summed E-state index contributed by atoms with van der Waals surface area (Å²) in [6.07, 6.45) is 3.75. The minimum atomic E-state index is -0.676. The molecule has 12 heteroatoms. The predicted octanol–water partition coefficient (Wildman–Crippen LogP) is 6.91. The number of fused-ring (bicyclic) bond motifs is 1. The van der Waals surface area contributed by atoms with E-state index < -0.39 is 11.7 Å². The molecule has 0 radical (unpaired) electrons. The van der Waals surface area contributed by atoms with Gasteiger partial charge in [-0.25, -0.2) is 14.8 Å². The smallest absolute Gasteiger partial charge is 0.419 e. The zero-order chi connectivity index (χ0) is 32.2. The second-order valence-electron chi connectivity index (χ2n) is 11.6. The number of carbonyl (C=O) groups excluding carboxylic acids is 3. The molecule has 0 fully saturated rings. The Hall–Kier alpha value is -4.48. The molecule has 0 saturated carbocycles. The number of ether oxygens (including phenoxy) is 1. The van der Waals surface area contributed by atoms with Crippen LogP contribution < -0.4 is 16.0 Å². The van der Waals surface area contributed by atoms with E-state index in [9.17, 15) is 14.4 Å². The fourth-order valence-corrected chi connectivity index (χ4v) is 4.90. The predicted molar refractivity (Wildman–Crippen MR) is 175 cm³/mol. The summed E-state index contributed by atoms with van der Waals surface area (Å²) < 4.78 is 7.05. The van der Waals surface area contributed by atoms with Crippen molar-refractivity contribution in [3.63, 3.8) is 0 Å². The molecule has 2 amide bonds. The summed E-state index contributed by atoms with van der Waals surface area (Å²) in [4.78, 5) is 48.8. The van der Waals surface area contributed by atoms with Gasteiger partial charge in [-0.3, -0.25) is 14.2 Å². The van der Waals surface area contributed by atoms with Gasteiger partial charge in [0.25, 0.3) is 0 Å². The van der Waals surface area contributed by atoms with Crippen LogP contribution in [0.2, 0.25) is 5.02 Å². The fraction of sp³-hybridized carbons (Fsp3) is 0.344. The van der Waals surface area contributed by atoms with Gasteiger partial charge >= 0.3 is 6.09 Å². The third-order valence-electron chi connectivity index (χ3n) is 6.78. The standard InChI is InChI=1S/C32H38ClN7O4/c1-8-21(39(6)7)16-28(42)37-25-14-13-20(15-26(25)35-19(2)41)36-30-34-17-24(33)29(38-30)23-18-40(31(43)44-32(3,4)5)27-12-10-9-11-22(23)27/h9-15,17-18,21H,8,16H2,1-7H3,(H,35,41)(H,37,42)(H,34,36,38). The van der Waals surface area contributed by atoms with Crippen molar-refractivity contribution in [1.82, 2.24) is 19.4 Å². The summed E-state index contributed by atoms with van der Waals surface area (Å²) in [6.45, 7) is 8.85. The van der Waals surface area contributed by atoms with Crippen LogP contribution in [0.5, 0.6) is 0 Å². The average molecular weight is 620 g/mol. The van der Waals surface area contributed by atoms with E-state index in [2.05, 4.69) is 25.9 Å². The second-order valence-corrected chi connectivity index (χ2v) is 12.1. The van der Waals surface area contributed by atoms with Gasteiger partial charge in [0.1, 0.15) is 5.60 Å². The largest absolute Gasteiger partial charge is 0.443 e. The Bertz CT molecular complexity index is 1690. The van der Waals surface area contributed by atoms with Crippen molar-refractivity contribution >= 4 is 63.4 Å². The number of carbonyl (C=O) groups is 3. The van der Waals surface area contributed by atoms with Crippen molar-refractivity contribution in [1.29, 1.82) is 0 Å². The van der Waals surface area contributed by atoms with Crippen LogP contribution in [0, 0.1) is 0 Å². The third kappa shape index (κ3) is 7.91. The molecule has 3 N–H and O–H groups in total. The van der Waals surface area contributed by atoms with Gasteiger partial charge in [-0.05, 0) is 65.6 Å². The molecule has 232 valence electrons. The maximum atomic E-state index is 13.0. The summed E-state index contributed by atoms with van der Waals surface area (Å²) in [7, 11) is 3.88. The zero-order valence-electron chi connectivity index (χ0n) is 26.0. The van der Waals surface area contributed by atoms with Crippen LogP contribution in [-0.4, -0.2) is 63.1 Å². The molecule has 4 rings (SSSR count). The topological polar surface area (TPSA) is 130 Å².